The highest BCUT2D eigenvalue weighted by Crippen LogP contribution is 2.39. The van der Waals surface area contributed by atoms with Crippen LogP contribution in [0.3, 0.4) is 0 Å². The van der Waals surface area contributed by atoms with Crippen molar-refractivity contribution < 1.29 is 38.1 Å². The molecular formula is C47H59FN6O7S. The van der Waals surface area contributed by atoms with Gasteiger partial charge in [-0.3, -0.25) is 19.3 Å². The van der Waals surface area contributed by atoms with E-state index in [4.69, 9.17) is 14.2 Å². The topological polar surface area (TPSA) is 146 Å². The number of carbonyl (C=O) groups is 3. The minimum absolute atomic E-state index is 0.0269. The van der Waals surface area contributed by atoms with E-state index in [1.807, 2.05) is 58.5 Å². The molecule has 3 N–H and O–H groups in total. The van der Waals surface area contributed by atoms with Gasteiger partial charge in [0.2, 0.25) is 5.91 Å². The number of phenols is 1. The molecule has 0 atom stereocenters. The average molecular weight is 871 g/mol. The van der Waals surface area contributed by atoms with Gasteiger partial charge < -0.3 is 39.8 Å². The fraction of sp³-hybridized carbons (Fsp3) is 0.489. The van der Waals surface area contributed by atoms with E-state index in [-0.39, 0.29) is 54.8 Å². The van der Waals surface area contributed by atoms with Gasteiger partial charge in [0.1, 0.15) is 22.9 Å². The van der Waals surface area contributed by atoms with Crippen molar-refractivity contribution in [1.82, 2.24) is 25.0 Å². The molecule has 0 saturated carbocycles. The zero-order valence-corrected chi connectivity index (χ0v) is 36.9. The van der Waals surface area contributed by atoms with Crippen molar-refractivity contribution in [2.45, 2.75) is 77.5 Å². The minimum Gasteiger partial charge on any atom is -0.506 e. The number of nitrogens with one attached hydrogen (secondary N) is 2. The highest BCUT2D eigenvalue weighted by Gasteiger charge is 2.41. The van der Waals surface area contributed by atoms with Gasteiger partial charge in [0.25, 0.3) is 11.8 Å². The number of hydrogen-bond acceptors (Lipinski definition) is 11. The third-order valence-corrected chi connectivity index (χ3v) is 13.1. The number of fused-ring (bicyclic) bond motifs is 1. The van der Waals surface area contributed by atoms with Gasteiger partial charge in [-0.15, -0.1) is 11.3 Å². The summed E-state index contributed by atoms with van der Waals surface area (Å²) in [6.45, 7) is 12.3. The molecule has 3 amide bonds. The van der Waals surface area contributed by atoms with Crippen LogP contribution in [0.1, 0.15) is 82.3 Å². The van der Waals surface area contributed by atoms with Crippen molar-refractivity contribution in [3.8, 4) is 11.5 Å². The number of benzene rings is 3. The minimum atomic E-state index is -0.399. The van der Waals surface area contributed by atoms with Crippen molar-refractivity contribution in [2.24, 2.45) is 0 Å². The maximum atomic E-state index is 15.8. The molecule has 7 rings (SSSR count). The molecule has 3 aliphatic rings. The van der Waals surface area contributed by atoms with Crippen LogP contribution in [-0.4, -0.2) is 120 Å². The number of thiazole rings is 1. The van der Waals surface area contributed by atoms with E-state index in [0.717, 1.165) is 47.6 Å². The van der Waals surface area contributed by atoms with E-state index in [2.05, 4.69) is 34.4 Å². The Morgan fingerprint density at radius 1 is 1.02 bits per heavy atom. The number of nitrogens with zero attached hydrogens (tertiary/aromatic N) is 4. The lowest BCUT2D eigenvalue weighted by Crippen LogP contribution is -2.58. The Hall–Kier alpha value is -4.93. The first kappa shape index (κ1) is 45.1. The number of phenolic OH excluding ortho intramolecular Hbond substituents is 1. The maximum absolute atomic E-state index is 15.8. The number of aryl methyl sites for hydroxylation is 1. The van der Waals surface area contributed by atoms with Gasteiger partial charge in [0, 0.05) is 62.7 Å². The second-order valence-electron chi connectivity index (χ2n) is 16.8. The van der Waals surface area contributed by atoms with Crippen LogP contribution in [0.15, 0.2) is 60.0 Å². The van der Waals surface area contributed by atoms with Crippen LogP contribution in [-0.2, 0) is 45.0 Å². The molecule has 4 aromatic rings. The van der Waals surface area contributed by atoms with Gasteiger partial charge in [-0.25, -0.2) is 9.37 Å². The average Bonchev–Trinajstić information content (AvgIpc) is 3.77. The molecule has 1 aromatic heterocycles. The summed E-state index contributed by atoms with van der Waals surface area (Å²) in [5.41, 5.74) is 4.69. The number of anilines is 1. The lowest BCUT2D eigenvalue weighted by atomic mass is 9.89. The van der Waals surface area contributed by atoms with Crippen LogP contribution in [0.25, 0.3) is 0 Å². The number of piperidine rings is 1. The van der Waals surface area contributed by atoms with Crippen molar-refractivity contribution in [3.05, 3.63) is 104 Å². The molecule has 0 unspecified atom stereocenters. The Bertz CT molecular complexity index is 2190. The van der Waals surface area contributed by atoms with E-state index < -0.39 is 5.60 Å². The van der Waals surface area contributed by atoms with E-state index in [0.29, 0.717) is 100 Å². The van der Waals surface area contributed by atoms with Crippen LogP contribution < -0.4 is 15.4 Å². The second-order valence-corrected chi connectivity index (χ2v) is 17.7. The highest BCUT2D eigenvalue weighted by molar-refractivity contribution is 7.09. The molecule has 62 heavy (non-hydrogen) atoms. The summed E-state index contributed by atoms with van der Waals surface area (Å²) >= 11 is 1.53. The Balaban J connectivity index is 0.846. The Labute approximate surface area is 367 Å². The van der Waals surface area contributed by atoms with E-state index in [1.165, 1.54) is 11.3 Å². The maximum Gasteiger partial charge on any atom is 0.273 e. The largest absolute Gasteiger partial charge is 0.506 e. The molecule has 0 bridgehead atoms. The lowest BCUT2D eigenvalue weighted by Gasteiger charge is -2.47. The zero-order chi connectivity index (χ0) is 43.6. The van der Waals surface area contributed by atoms with E-state index in [1.54, 1.807) is 18.2 Å². The number of carbonyl (C=O) groups excluding carboxylic acids is 3. The quantitative estimate of drug-likeness (QED) is 0.0797. The first-order valence-corrected chi connectivity index (χ1v) is 22.6. The SMILES string of the molecule is Cc1ccccc1CN(CCNCCc1ccc(O)c2c1OCC(=O)N2)C(=O)CCOCCc1cccc(CN2CCC3(CC2)CN(C(=O)c2csc(C(C)C)n2)CCO3)c1F. The number of hydrogen-bond donors (Lipinski definition) is 3. The van der Waals surface area contributed by atoms with E-state index >= 15 is 4.39 Å². The Kier molecular flexibility index (Phi) is 15.2. The number of likely N-dealkylation sites (tertiary alicyclic amines) is 1. The fourth-order valence-corrected chi connectivity index (χ4v) is 9.11. The third-order valence-electron chi connectivity index (χ3n) is 12.0. The monoisotopic (exact) mass is 870 g/mol. The second kappa shape index (κ2) is 21.0. The molecule has 2 fully saturated rings. The smallest absolute Gasteiger partial charge is 0.273 e. The van der Waals surface area contributed by atoms with Gasteiger partial charge in [0.05, 0.1) is 43.4 Å². The van der Waals surface area contributed by atoms with Crippen molar-refractivity contribution >= 4 is 34.7 Å². The molecule has 4 heterocycles. The molecule has 13 nitrogen and oxygen atoms in total. The summed E-state index contributed by atoms with van der Waals surface area (Å²) in [7, 11) is 0. The number of morpholine rings is 1. The normalized spacial score (nSPS) is 16.3. The van der Waals surface area contributed by atoms with E-state index in [9.17, 15) is 19.5 Å². The van der Waals surface area contributed by atoms with Crippen molar-refractivity contribution in [2.75, 3.05) is 77.6 Å². The molecule has 2 saturated heterocycles. The summed E-state index contributed by atoms with van der Waals surface area (Å²) in [4.78, 5) is 49.2. The molecule has 3 aliphatic heterocycles. The Morgan fingerprint density at radius 3 is 2.60 bits per heavy atom. The number of rotatable bonds is 18. The summed E-state index contributed by atoms with van der Waals surface area (Å²) in [5, 5.41) is 19.1. The number of ether oxygens (including phenoxy) is 3. The number of halogens is 1. The predicted molar refractivity (Wildman–Crippen MR) is 236 cm³/mol. The third kappa shape index (κ3) is 11.4. The van der Waals surface area contributed by atoms with Crippen molar-refractivity contribution in [3.63, 3.8) is 0 Å². The number of aromatic nitrogens is 1. The standard InChI is InChI=1S/C47H59FN6O7S/c1-32(2)45-50-38(30-62-45)46(58)54-23-26-61-47(31-54)16-20-52(21-17-47)27-37-10-6-9-34(42(37)48)14-24-59-25-15-41(57)53(28-36-8-5-4-7-33(36)3)22-19-49-18-13-35-11-12-39(55)43-44(35)60-29-40(56)51-43/h4-12,30,32,49,55H,13-29,31H2,1-3H3,(H,51,56). The summed E-state index contributed by atoms with van der Waals surface area (Å²) in [6, 6.07) is 16.9. The zero-order valence-electron chi connectivity index (χ0n) is 36.1. The van der Waals surface area contributed by atoms with Crippen LogP contribution in [0.5, 0.6) is 11.5 Å². The van der Waals surface area contributed by atoms with Gasteiger partial charge in [0.15, 0.2) is 12.4 Å². The van der Waals surface area contributed by atoms with Gasteiger partial charge in [-0.2, -0.15) is 0 Å². The summed E-state index contributed by atoms with van der Waals surface area (Å²) in [5.74, 6) is 0.140. The number of aromatic hydroxyl groups is 1. The summed E-state index contributed by atoms with van der Waals surface area (Å²) < 4.78 is 33.7. The van der Waals surface area contributed by atoms with Gasteiger partial charge in [-0.1, -0.05) is 62.4 Å². The first-order valence-electron chi connectivity index (χ1n) is 21.7. The molecule has 15 heteroatoms. The molecular weight excluding hydrogens is 812 g/mol. The molecule has 3 aromatic carbocycles. The van der Waals surface area contributed by atoms with Crippen LogP contribution in [0.2, 0.25) is 0 Å². The molecule has 0 aliphatic carbocycles. The lowest BCUT2D eigenvalue weighted by molar-refractivity contribution is -0.133. The first-order chi connectivity index (χ1) is 30.0. The van der Waals surface area contributed by atoms with Crippen LogP contribution in [0.4, 0.5) is 10.1 Å². The van der Waals surface area contributed by atoms with Gasteiger partial charge >= 0.3 is 0 Å². The fourth-order valence-electron chi connectivity index (χ4n) is 8.30. The number of amides is 3. The van der Waals surface area contributed by atoms with Crippen LogP contribution in [0, 0.1) is 12.7 Å². The van der Waals surface area contributed by atoms with Crippen molar-refractivity contribution in [1.29, 1.82) is 0 Å². The molecule has 332 valence electrons. The molecule has 1 spiro atoms. The van der Waals surface area contributed by atoms with Gasteiger partial charge in [-0.05, 0) is 67.5 Å². The summed E-state index contributed by atoms with van der Waals surface area (Å²) in [6.07, 6.45) is 2.73. The Morgan fingerprint density at radius 2 is 1.81 bits per heavy atom. The molecule has 0 radical (unpaired) electrons. The highest BCUT2D eigenvalue weighted by atomic mass is 32.1. The predicted octanol–water partition coefficient (Wildman–Crippen LogP) is 6.07. The van der Waals surface area contributed by atoms with Crippen LogP contribution >= 0.6 is 11.3 Å².